The first kappa shape index (κ1) is 19.3. The van der Waals surface area contributed by atoms with E-state index in [4.69, 9.17) is 30.9 Å². The zero-order chi connectivity index (χ0) is 19.1. The molecule has 0 atom stereocenters. The fraction of sp³-hybridized carbons (Fsp3) is 0.176. The number of rotatable bonds is 7. The van der Waals surface area contributed by atoms with Crippen LogP contribution in [-0.2, 0) is 9.53 Å². The first-order chi connectivity index (χ1) is 12.4. The number of carbonyl (C=O) groups is 2. The number of ether oxygens (including phenoxy) is 3. The molecule has 2 aromatic carbocycles. The van der Waals surface area contributed by atoms with Crippen molar-refractivity contribution < 1.29 is 33.3 Å². The topological polar surface area (TPSA) is 94.1 Å². The fourth-order valence-electron chi connectivity index (χ4n) is 1.89. The van der Waals surface area contributed by atoms with Gasteiger partial charge in [-0.15, -0.1) is 0 Å². The average molecular weight is 384 g/mol. The van der Waals surface area contributed by atoms with Gasteiger partial charge in [-0.2, -0.15) is 0 Å². The maximum absolute atomic E-state index is 14.0. The summed E-state index contributed by atoms with van der Waals surface area (Å²) in [4.78, 5) is 22.1. The summed E-state index contributed by atoms with van der Waals surface area (Å²) in [7, 11) is 0. The van der Waals surface area contributed by atoms with Crippen LogP contribution in [0, 0.1) is 5.82 Å². The van der Waals surface area contributed by atoms with Crippen LogP contribution in [0.2, 0.25) is 5.02 Å². The SMILES string of the molecule is CCOC(=O)Nc1cc(Oc2ccccc2OCC(=O)O)c(Cl)cc1F. The number of hydrogen-bond donors (Lipinski definition) is 2. The van der Waals surface area contributed by atoms with Crippen LogP contribution in [0.1, 0.15) is 6.92 Å². The van der Waals surface area contributed by atoms with E-state index in [-0.39, 0.29) is 34.6 Å². The van der Waals surface area contributed by atoms with Crippen LogP contribution in [0.5, 0.6) is 17.2 Å². The van der Waals surface area contributed by atoms with Crippen LogP contribution in [0.25, 0.3) is 0 Å². The third kappa shape index (κ3) is 5.25. The van der Waals surface area contributed by atoms with Gasteiger partial charge in [0.05, 0.1) is 17.3 Å². The molecular weight excluding hydrogens is 369 g/mol. The third-order valence-electron chi connectivity index (χ3n) is 2.95. The monoisotopic (exact) mass is 383 g/mol. The molecule has 1 amide bonds. The molecule has 9 heteroatoms. The zero-order valence-corrected chi connectivity index (χ0v) is 14.4. The molecule has 0 saturated heterocycles. The molecule has 0 aromatic heterocycles. The minimum atomic E-state index is -1.15. The van der Waals surface area contributed by atoms with Crippen molar-refractivity contribution in [2.45, 2.75) is 6.92 Å². The van der Waals surface area contributed by atoms with Crippen molar-refractivity contribution in [2.75, 3.05) is 18.5 Å². The van der Waals surface area contributed by atoms with E-state index in [9.17, 15) is 14.0 Å². The van der Waals surface area contributed by atoms with Gasteiger partial charge in [-0.1, -0.05) is 23.7 Å². The molecule has 0 fully saturated rings. The Morgan fingerprint density at radius 3 is 2.54 bits per heavy atom. The molecule has 138 valence electrons. The molecule has 2 N–H and O–H groups in total. The average Bonchev–Trinajstić information content (AvgIpc) is 2.58. The van der Waals surface area contributed by atoms with Crippen LogP contribution in [-0.4, -0.2) is 30.4 Å². The quantitative estimate of drug-likeness (QED) is 0.740. The van der Waals surface area contributed by atoms with Gasteiger partial charge in [-0.3, -0.25) is 5.32 Å². The Bertz CT molecular complexity index is 814. The van der Waals surface area contributed by atoms with Crippen molar-refractivity contribution in [1.82, 2.24) is 0 Å². The maximum atomic E-state index is 14.0. The van der Waals surface area contributed by atoms with E-state index in [1.54, 1.807) is 19.1 Å². The summed E-state index contributed by atoms with van der Waals surface area (Å²) in [5, 5.41) is 10.9. The Morgan fingerprint density at radius 2 is 1.88 bits per heavy atom. The van der Waals surface area contributed by atoms with Crippen LogP contribution in [0.4, 0.5) is 14.9 Å². The van der Waals surface area contributed by atoms with Crippen molar-refractivity contribution in [3.8, 4) is 17.2 Å². The Morgan fingerprint density at radius 1 is 1.19 bits per heavy atom. The number of carboxylic acids is 1. The standard InChI is InChI=1S/C17H15ClFNO6/c1-2-24-17(23)20-12-8-15(10(18)7-11(12)19)26-14-6-4-3-5-13(14)25-9-16(21)22/h3-8H,2,9H2,1H3,(H,20,23)(H,21,22). The van der Waals surface area contributed by atoms with Gasteiger partial charge >= 0.3 is 12.1 Å². The predicted octanol–water partition coefficient (Wildman–Crippen LogP) is 4.30. The summed E-state index contributed by atoms with van der Waals surface area (Å²) in [6.45, 7) is 1.17. The lowest BCUT2D eigenvalue weighted by Gasteiger charge is -2.14. The lowest BCUT2D eigenvalue weighted by atomic mass is 10.2. The number of benzene rings is 2. The van der Waals surface area contributed by atoms with E-state index in [1.165, 1.54) is 18.2 Å². The van der Waals surface area contributed by atoms with Crippen LogP contribution < -0.4 is 14.8 Å². The normalized spacial score (nSPS) is 10.1. The fourth-order valence-corrected chi connectivity index (χ4v) is 2.08. The van der Waals surface area contributed by atoms with E-state index < -0.39 is 24.5 Å². The van der Waals surface area contributed by atoms with Gasteiger partial charge < -0.3 is 19.3 Å². The van der Waals surface area contributed by atoms with Crippen molar-refractivity contribution in [1.29, 1.82) is 0 Å². The summed E-state index contributed by atoms with van der Waals surface area (Å²) < 4.78 is 29.4. The second-order valence-corrected chi connectivity index (χ2v) is 5.25. The molecule has 0 aliphatic rings. The number of carbonyl (C=O) groups excluding carboxylic acids is 1. The van der Waals surface area contributed by atoms with Crippen molar-refractivity contribution in [3.05, 3.63) is 47.2 Å². The molecule has 7 nitrogen and oxygen atoms in total. The van der Waals surface area contributed by atoms with Crippen molar-refractivity contribution in [2.24, 2.45) is 0 Å². The number of para-hydroxylation sites is 2. The summed E-state index contributed by atoms with van der Waals surface area (Å²) in [6.07, 6.45) is -0.829. The highest BCUT2D eigenvalue weighted by molar-refractivity contribution is 6.32. The zero-order valence-electron chi connectivity index (χ0n) is 13.6. The van der Waals surface area contributed by atoms with Gasteiger partial charge in [0, 0.05) is 6.07 Å². The molecule has 0 heterocycles. The molecule has 0 radical (unpaired) electrons. The smallest absolute Gasteiger partial charge is 0.411 e. The van der Waals surface area contributed by atoms with Crippen LogP contribution >= 0.6 is 11.6 Å². The molecular formula is C17H15ClFNO6. The minimum Gasteiger partial charge on any atom is -0.479 e. The maximum Gasteiger partial charge on any atom is 0.411 e. The summed E-state index contributed by atoms with van der Waals surface area (Å²) in [5.74, 6) is -1.56. The highest BCUT2D eigenvalue weighted by Gasteiger charge is 2.15. The molecule has 0 saturated carbocycles. The summed E-state index contributed by atoms with van der Waals surface area (Å²) in [5.41, 5.74) is -0.188. The second kappa shape index (κ2) is 8.91. The number of hydrogen-bond acceptors (Lipinski definition) is 5. The number of anilines is 1. The molecule has 0 aliphatic carbocycles. The van der Waals surface area contributed by atoms with E-state index >= 15 is 0 Å². The Kier molecular flexibility index (Phi) is 6.62. The highest BCUT2D eigenvalue weighted by atomic mass is 35.5. The number of amides is 1. The molecule has 0 aliphatic heterocycles. The lowest BCUT2D eigenvalue weighted by Crippen LogP contribution is -2.14. The molecule has 26 heavy (non-hydrogen) atoms. The molecule has 0 spiro atoms. The molecule has 2 rings (SSSR count). The predicted molar refractivity (Wildman–Crippen MR) is 91.7 cm³/mol. The Hall–Kier alpha value is -3.00. The van der Waals surface area contributed by atoms with E-state index in [2.05, 4.69) is 5.32 Å². The van der Waals surface area contributed by atoms with Gasteiger partial charge in [-0.05, 0) is 25.1 Å². The minimum absolute atomic E-state index is 0.0336. The van der Waals surface area contributed by atoms with Gasteiger partial charge in [0.1, 0.15) is 11.6 Å². The molecule has 2 aromatic rings. The van der Waals surface area contributed by atoms with E-state index in [1.807, 2.05) is 0 Å². The summed E-state index contributed by atoms with van der Waals surface area (Å²) in [6, 6.07) is 8.45. The molecule has 0 bridgehead atoms. The highest BCUT2D eigenvalue weighted by Crippen LogP contribution is 2.37. The lowest BCUT2D eigenvalue weighted by molar-refractivity contribution is -0.139. The van der Waals surface area contributed by atoms with Crippen LogP contribution in [0.3, 0.4) is 0 Å². The first-order valence-electron chi connectivity index (χ1n) is 7.45. The number of nitrogens with one attached hydrogen (secondary N) is 1. The van der Waals surface area contributed by atoms with Crippen molar-refractivity contribution >= 4 is 29.4 Å². The first-order valence-corrected chi connectivity index (χ1v) is 7.82. The second-order valence-electron chi connectivity index (χ2n) is 4.84. The Balaban J connectivity index is 2.26. The third-order valence-corrected chi connectivity index (χ3v) is 3.25. The van der Waals surface area contributed by atoms with Crippen molar-refractivity contribution in [3.63, 3.8) is 0 Å². The van der Waals surface area contributed by atoms with Gasteiger partial charge in [0.15, 0.2) is 18.1 Å². The Labute approximate surface area is 153 Å². The van der Waals surface area contributed by atoms with E-state index in [0.29, 0.717) is 0 Å². The van der Waals surface area contributed by atoms with Gasteiger partial charge in [0.25, 0.3) is 0 Å². The van der Waals surface area contributed by atoms with E-state index in [0.717, 1.165) is 6.07 Å². The van der Waals surface area contributed by atoms with Crippen LogP contribution in [0.15, 0.2) is 36.4 Å². The van der Waals surface area contributed by atoms with Gasteiger partial charge in [0.2, 0.25) is 0 Å². The molecule has 0 unspecified atom stereocenters. The van der Waals surface area contributed by atoms with Gasteiger partial charge in [-0.25, -0.2) is 14.0 Å². The largest absolute Gasteiger partial charge is 0.479 e. The number of carboxylic acid groups (broad SMARTS) is 1. The summed E-state index contributed by atoms with van der Waals surface area (Å²) >= 11 is 5.99. The number of halogens is 2. The number of aliphatic carboxylic acids is 1.